The highest BCUT2D eigenvalue weighted by Gasteiger charge is 2.49. The molecule has 0 bridgehead atoms. The van der Waals surface area contributed by atoms with Gasteiger partial charge in [-0.2, -0.15) is 0 Å². The number of halogens is 1. The molecule has 2 aliphatic carbocycles. The lowest BCUT2D eigenvalue weighted by atomic mass is 9.90. The maximum Gasteiger partial charge on any atom is 0.140 e. The first-order valence-corrected chi connectivity index (χ1v) is 24.2. The number of carbonyl (C=O) groups excluding carboxylic acids is 2. The van der Waals surface area contributed by atoms with Crippen LogP contribution in [0.4, 0.5) is 11.4 Å². The van der Waals surface area contributed by atoms with Crippen LogP contribution in [0.1, 0.15) is 77.0 Å². The molecule has 0 aromatic heterocycles. The van der Waals surface area contributed by atoms with Gasteiger partial charge in [-0.15, -0.1) is 17.5 Å². The predicted octanol–water partition coefficient (Wildman–Crippen LogP) is 8.62. The fourth-order valence-electron chi connectivity index (χ4n) is 4.65. The van der Waals surface area contributed by atoms with Crippen molar-refractivity contribution in [3.8, 4) is 23.4 Å². The van der Waals surface area contributed by atoms with Crippen LogP contribution in [0.15, 0.2) is 40.9 Å². The van der Waals surface area contributed by atoms with Gasteiger partial charge in [0.05, 0.1) is 10.8 Å². The number of anilines is 2. The number of ketones is 2. The Labute approximate surface area is 290 Å². The summed E-state index contributed by atoms with van der Waals surface area (Å²) in [7, 11) is -2.52. The van der Waals surface area contributed by atoms with Gasteiger partial charge in [0.15, 0.2) is 0 Å². The molecule has 0 amide bonds. The van der Waals surface area contributed by atoms with Crippen molar-refractivity contribution >= 4 is 55.0 Å². The van der Waals surface area contributed by atoms with Gasteiger partial charge >= 0.3 is 0 Å². The van der Waals surface area contributed by atoms with Crippen molar-refractivity contribution in [3.05, 3.63) is 57.6 Å². The maximum absolute atomic E-state index is 11.8. The van der Waals surface area contributed by atoms with Gasteiger partial charge in [0.2, 0.25) is 0 Å². The van der Waals surface area contributed by atoms with E-state index < -0.39 is 16.1 Å². The summed E-state index contributed by atoms with van der Waals surface area (Å²) in [4.78, 5) is 25.6. The standard InChI is InChI=1S/C16H21NOSi.C11H12BrNO.C6H15N.C5H10Si/c1-12(18)16(8-9-16)14-5-6-15(17)13(11-14)7-10-19(2,3)4;1-7(14)11(4-5-11)8-2-3-10(13)9(12)6-8;1-4-7(5-2)6-3;1-5-6(2,3)4/h5-6,11H,8-9,17H2,1-4H3;2-3,6H,4-5,13H2,1H3;4-6H2,1-3H3;1H,2-4H3. The van der Waals surface area contributed by atoms with Crippen LogP contribution in [0.5, 0.6) is 0 Å². The Bertz CT molecular complexity index is 1440. The Morgan fingerprint density at radius 3 is 1.46 bits per heavy atom. The van der Waals surface area contributed by atoms with Crippen molar-refractivity contribution < 1.29 is 9.59 Å². The number of hydrogen-bond donors (Lipinski definition) is 2. The molecule has 252 valence electrons. The lowest BCUT2D eigenvalue weighted by molar-refractivity contribution is -0.120. The average molecular weight is 725 g/mol. The molecule has 8 heteroatoms. The fraction of sp³-hybridized carbons (Fsp3) is 0.526. The van der Waals surface area contributed by atoms with Gasteiger partial charge in [0.25, 0.3) is 0 Å². The van der Waals surface area contributed by atoms with Gasteiger partial charge in [-0.05, 0) is 110 Å². The Balaban J connectivity index is 0.000000342. The van der Waals surface area contributed by atoms with Crippen LogP contribution in [-0.2, 0) is 20.4 Å². The molecule has 0 spiro atoms. The molecule has 2 saturated carbocycles. The predicted molar refractivity (Wildman–Crippen MR) is 208 cm³/mol. The van der Waals surface area contributed by atoms with E-state index in [1.807, 2.05) is 36.4 Å². The number of terminal acetylenes is 1. The molecule has 0 radical (unpaired) electrons. The van der Waals surface area contributed by atoms with Crippen LogP contribution < -0.4 is 11.5 Å². The summed E-state index contributed by atoms with van der Waals surface area (Å²) in [5.74, 6) is 3.72. The van der Waals surface area contributed by atoms with E-state index in [1.165, 1.54) is 19.6 Å². The van der Waals surface area contributed by atoms with E-state index in [1.54, 1.807) is 13.8 Å². The van der Waals surface area contributed by atoms with Crippen molar-refractivity contribution in [2.45, 2.75) is 110 Å². The van der Waals surface area contributed by atoms with Crippen LogP contribution in [0, 0.1) is 23.4 Å². The SMILES string of the molecule is C#C[Si](C)(C)C.CC(=O)C1(c2ccc(N)c(Br)c2)CC1.CC(=O)C1(c2ccc(N)c(C#C[Si](C)(C)C)c2)CC1.CCN(CC)CC. The molecule has 0 atom stereocenters. The van der Waals surface area contributed by atoms with Crippen LogP contribution in [-0.4, -0.2) is 52.2 Å². The molecule has 4 N–H and O–H groups in total. The average Bonchev–Trinajstić information content (AvgIpc) is 3.90. The number of benzene rings is 2. The zero-order chi connectivity index (χ0) is 35.5. The molecule has 46 heavy (non-hydrogen) atoms. The van der Waals surface area contributed by atoms with Crippen molar-refractivity contribution in [1.29, 1.82) is 0 Å². The molecular formula is C38H58BrN3O2Si2. The summed E-state index contributed by atoms with van der Waals surface area (Å²) in [6.45, 7) is 26.5. The van der Waals surface area contributed by atoms with Gasteiger partial charge in [0.1, 0.15) is 27.7 Å². The number of nitrogens with two attached hydrogens (primary N) is 2. The summed E-state index contributed by atoms with van der Waals surface area (Å²) in [5, 5.41) is 0. The summed E-state index contributed by atoms with van der Waals surface area (Å²) < 4.78 is 0.877. The third-order valence-corrected chi connectivity index (χ3v) is 10.8. The number of carbonyl (C=O) groups is 2. The minimum absolute atomic E-state index is 0.198. The van der Waals surface area contributed by atoms with Gasteiger partial charge < -0.3 is 16.4 Å². The van der Waals surface area contributed by atoms with Gasteiger partial charge in [-0.1, -0.05) is 78.1 Å². The summed E-state index contributed by atoms with van der Waals surface area (Å²) in [6.07, 6.45) is 8.96. The monoisotopic (exact) mass is 723 g/mol. The molecule has 0 unspecified atom stereocenters. The molecule has 5 nitrogen and oxygen atoms in total. The van der Waals surface area contributed by atoms with Crippen LogP contribution in [0.25, 0.3) is 0 Å². The maximum atomic E-state index is 11.8. The van der Waals surface area contributed by atoms with Crippen LogP contribution in [0.2, 0.25) is 39.3 Å². The number of Topliss-reactive ketones (excluding diaryl/α,β-unsaturated/α-hetero) is 2. The highest BCUT2D eigenvalue weighted by molar-refractivity contribution is 9.10. The van der Waals surface area contributed by atoms with Crippen molar-refractivity contribution in [3.63, 3.8) is 0 Å². The first-order chi connectivity index (χ1) is 21.2. The largest absolute Gasteiger partial charge is 0.398 e. The van der Waals surface area contributed by atoms with E-state index in [0.717, 1.165) is 46.8 Å². The first kappa shape index (κ1) is 41.4. The smallest absolute Gasteiger partial charge is 0.140 e. The second kappa shape index (κ2) is 17.5. The van der Waals surface area contributed by atoms with Gasteiger partial charge in [0, 0.05) is 21.4 Å². The molecule has 0 saturated heterocycles. The highest BCUT2D eigenvalue weighted by Crippen LogP contribution is 2.50. The highest BCUT2D eigenvalue weighted by atomic mass is 79.9. The lowest BCUT2D eigenvalue weighted by Gasteiger charge is -2.13. The molecular weight excluding hydrogens is 667 g/mol. The zero-order valence-electron chi connectivity index (χ0n) is 30.3. The van der Waals surface area contributed by atoms with Crippen molar-refractivity contribution in [1.82, 2.24) is 4.90 Å². The molecule has 2 fully saturated rings. The van der Waals surface area contributed by atoms with Crippen LogP contribution >= 0.6 is 15.9 Å². The molecule has 2 aromatic carbocycles. The molecule has 4 rings (SSSR count). The van der Waals surface area contributed by atoms with E-state index in [4.69, 9.17) is 17.9 Å². The van der Waals surface area contributed by atoms with E-state index in [0.29, 0.717) is 11.4 Å². The Morgan fingerprint density at radius 1 is 0.783 bits per heavy atom. The molecule has 2 aromatic rings. The number of nitrogens with zero attached hydrogens (tertiary/aromatic N) is 1. The fourth-order valence-corrected chi connectivity index (χ4v) is 5.54. The van der Waals surface area contributed by atoms with E-state index in [9.17, 15) is 9.59 Å². The lowest BCUT2D eigenvalue weighted by Crippen LogP contribution is -2.21. The number of nitrogen functional groups attached to an aromatic ring is 2. The van der Waals surface area contributed by atoms with E-state index >= 15 is 0 Å². The summed E-state index contributed by atoms with van der Waals surface area (Å²) in [5.41, 5.74) is 21.8. The van der Waals surface area contributed by atoms with E-state index in [-0.39, 0.29) is 22.4 Å². The molecule has 0 heterocycles. The van der Waals surface area contributed by atoms with Crippen LogP contribution in [0.3, 0.4) is 0 Å². The van der Waals surface area contributed by atoms with E-state index in [2.05, 4.69) is 97.9 Å². The number of hydrogen-bond acceptors (Lipinski definition) is 5. The Kier molecular flexibility index (Phi) is 15.8. The van der Waals surface area contributed by atoms with Gasteiger partial charge in [-0.25, -0.2) is 0 Å². The second-order valence-corrected chi connectivity index (χ2v) is 24.7. The quantitative estimate of drug-likeness (QED) is 0.170. The van der Waals surface area contributed by atoms with Gasteiger partial charge in [-0.3, -0.25) is 9.59 Å². The first-order valence-electron chi connectivity index (χ1n) is 16.4. The molecule has 2 aliphatic rings. The Morgan fingerprint density at radius 2 is 1.17 bits per heavy atom. The topological polar surface area (TPSA) is 89.4 Å². The molecule has 0 aliphatic heterocycles. The number of rotatable bonds is 7. The van der Waals surface area contributed by atoms with Crippen molar-refractivity contribution in [2.24, 2.45) is 0 Å². The minimum Gasteiger partial charge on any atom is -0.398 e. The summed E-state index contributed by atoms with van der Waals surface area (Å²) >= 11 is 3.38. The summed E-state index contributed by atoms with van der Waals surface area (Å²) in [6, 6.07) is 11.6. The normalized spacial score (nSPS) is 15.1. The third-order valence-electron chi connectivity index (χ3n) is 8.35. The Hall–Kier alpha value is -2.63. The van der Waals surface area contributed by atoms with Crippen molar-refractivity contribution in [2.75, 3.05) is 31.1 Å². The minimum atomic E-state index is -1.42. The second-order valence-electron chi connectivity index (χ2n) is 14.3. The third kappa shape index (κ3) is 12.9. The zero-order valence-corrected chi connectivity index (χ0v) is 33.9.